The fourth-order valence-corrected chi connectivity index (χ4v) is 4.67. The highest BCUT2D eigenvalue weighted by Gasteiger charge is 2.33. The van der Waals surface area contributed by atoms with Crippen molar-refractivity contribution in [2.75, 3.05) is 13.1 Å². The van der Waals surface area contributed by atoms with Crippen molar-refractivity contribution >= 4 is 17.5 Å². The predicted octanol–water partition coefficient (Wildman–Crippen LogP) is 5.05. The van der Waals surface area contributed by atoms with E-state index >= 15 is 0 Å². The van der Waals surface area contributed by atoms with Crippen LogP contribution in [0, 0.1) is 23.4 Å². The summed E-state index contributed by atoms with van der Waals surface area (Å²) in [7, 11) is 0. The first-order chi connectivity index (χ1) is 15.8. The third kappa shape index (κ3) is 3.53. The van der Waals surface area contributed by atoms with E-state index in [1.165, 1.54) is 0 Å². The molecule has 7 heteroatoms. The zero-order chi connectivity index (χ0) is 23.3. The second-order valence-corrected chi connectivity index (χ2v) is 8.31. The maximum atomic E-state index is 14.0. The minimum absolute atomic E-state index is 0.122. The van der Waals surface area contributed by atoms with Crippen molar-refractivity contribution in [1.82, 2.24) is 4.90 Å². The summed E-state index contributed by atoms with van der Waals surface area (Å²) < 4.78 is 41.1. The van der Waals surface area contributed by atoms with Crippen LogP contribution in [0.3, 0.4) is 0 Å². The lowest BCUT2D eigenvalue weighted by molar-refractivity contribution is 0.0647. The Kier molecular flexibility index (Phi) is 5.12. The summed E-state index contributed by atoms with van der Waals surface area (Å²) in [6.07, 6.45) is 0.465. The summed E-state index contributed by atoms with van der Waals surface area (Å²) in [6.45, 7) is 0.454. The van der Waals surface area contributed by atoms with Crippen LogP contribution in [0.25, 0.3) is 11.1 Å². The summed E-state index contributed by atoms with van der Waals surface area (Å²) in [5, 5.41) is 0. The van der Waals surface area contributed by atoms with E-state index in [0.29, 0.717) is 28.8 Å². The summed E-state index contributed by atoms with van der Waals surface area (Å²) in [5.74, 6) is -5.32. The van der Waals surface area contributed by atoms with E-state index < -0.39 is 34.7 Å². The minimum Gasteiger partial charge on any atom is -0.339 e. The molecule has 1 aliphatic carbocycles. The molecule has 0 unspecified atom stereocenters. The van der Waals surface area contributed by atoms with Crippen molar-refractivity contribution in [2.45, 2.75) is 12.8 Å². The number of hydrogen-bond donors (Lipinski definition) is 0. The Hall–Kier alpha value is -3.74. The molecule has 0 aromatic heterocycles. The molecule has 166 valence electrons. The number of carbonyl (C=O) groups is 3. The van der Waals surface area contributed by atoms with Crippen LogP contribution in [0.2, 0.25) is 0 Å². The molecule has 1 saturated heterocycles. The standard InChI is InChI=1S/C26H18F3NO3/c27-16-12-21(28)23(22(29)13-16)24(31)14-7-9-30(10-8-14)26(33)15-5-6-18-17-3-1-2-4-19(17)25(32)20(18)11-15/h1-6,11-14H,7-10H2. The van der Waals surface area contributed by atoms with Gasteiger partial charge >= 0.3 is 0 Å². The van der Waals surface area contributed by atoms with Crippen molar-refractivity contribution in [2.24, 2.45) is 5.92 Å². The highest BCUT2D eigenvalue weighted by atomic mass is 19.1. The number of hydrogen-bond acceptors (Lipinski definition) is 3. The largest absolute Gasteiger partial charge is 0.339 e. The first-order valence-electron chi connectivity index (χ1n) is 10.6. The Balaban J connectivity index is 1.30. The van der Waals surface area contributed by atoms with Gasteiger partial charge in [-0.3, -0.25) is 14.4 Å². The van der Waals surface area contributed by atoms with Gasteiger partial charge in [0.2, 0.25) is 0 Å². The normalized spacial score (nSPS) is 15.4. The van der Waals surface area contributed by atoms with Gasteiger partial charge in [-0.2, -0.15) is 0 Å². The molecule has 0 N–H and O–H groups in total. The second-order valence-electron chi connectivity index (χ2n) is 8.31. The molecule has 4 nitrogen and oxygen atoms in total. The number of amides is 1. The molecular formula is C26H18F3NO3. The molecule has 0 atom stereocenters. The number of fused-ring (bicyclic) bond motifs is 3. The summed E-state index contributed by atoms with van der Waals surface area (Å²) in [6, 6.07) is 13.3. The predicted molar refractivity (Wildman–Crippen MR) is 115 cm³/mol. The Morgan fingerprint density at radius 3 is 2.06 bits per heavy atom. The minimum atomic E-state index is -1.22. The molecule has 2 aliphatic rings. The van der Waals surface area contributed by atoms with Gasteiger partial charge in [-0.25, -0.2) is 13.2 Å². The molecule has 5 rings (SSSR count). The van der Waals surface area contributed by atoms with E-state index in [-0.39, 0.29) is 37.6 Å². The molecule has 3 aromatic carbocycles. The van der Waals surface area contributed by atoms with Crippen LogP contribution in [-0.2, 0) is 0 Å². The highest BCUT2D eigenvalue weighted by Crippen LogP contribution is 2.37. The maximum absolute atomic E-state index is 14.0. The zero-order valence-corrected chi connectivity index (χ0v) is 17.4. The molecule has 1 amide bonds. The number of nitrogens with zero attached hydrogens (tertiary/aromatic N) is 1. The fraction of sp³-hybridized carbons (Fsp3) is 0.192. The fourth-order valence-electron chi connectivity index (χ4n) is 4.67. The number of piperidine rings is 1. The number of ketones is 2. The SMILES string of the molecule is O=C1c2ccccc2-c2ccc(C(=O)N3CCC(C(=O)c4c(F)cc(F)cc4F)CC3)cc21. The first kappa shape index (κ1) is 21.1. The summed E-state index contributed by atoms with van der Waals surface area (Å²) in [4.78, 5) is 40.0. The van der Waals surface area contributed by atoms with E-state index in [2.05, 4.69) is 0 Å². The molecule has 3 aromatic rings. The number of carbonyl (C=O) groups excluding carboxylic acids is 3. The zero-order valence-electron chi connectivity index (χ0n) is 17.4. The third-order valence-corrected chi connectivity index (χ3v) is 6.38. The Labute approximate surface area is 187 Å². The van der Waals surface area contributed by atoms with E-state index in [1.807, 2.05) is 12.1 Å². The van der Waals surface area contributed by atoms with Crippen LogP contribution in [0.5, 0.6) is 0 Å². The van der Waals surface area contributed by atoms with E-state index in [0.717, 1.165) is 11.1 Å². The van der Waals surface area contributed by atoms with E-state index in [9.17, 15) is 27.6 Å². The summed E-state index contributed by atoms with van der Waals surface area (Å²) >= 11 is 0. The van der Waals surface area contributed by atoms with Crippen molar-refractivity contribution in [3.63, 3.8) is 0 Å². The topological polar surface area (TPSA) is 54.5 Å². The molecule has 33 heavy (non-hydrogen) atoms. The lowest BCUT2D eigenvalue weighted by atomic mass is 9.88. The monoisotopic (exact) mass is 449 g/mol. The average Bonchev–Trinajstić information content (AvgIpc) is 3.10. The third-order valence-electron chi connectivity index (χ3n) is 6.38. The highest BCUT2D eigenvalue weighted by molar-refractivity contribution is 6.22. The van der Waals surface area contributed by atoms with Crippen molar-refractivity contribution in [3.05, 3.63) is 94.3 Å². The molecule has 0 spiro atoms. The van der Waals surface area contributed by atoms with Crippen LogP contribution < -0.4 is 0 Å². The Morgan fingerprint density at radius 1 is 0.788 bits per heavy atom. The van der Waals surface area contributed by atoms with Crippen LogP contribution in [-0.4, -0.2) is 35.5 Å². The lowest BCUT2D eigenvalue weighted by Gasteiger charge is -2.31. The van der Waals surface area contributed by atoms with Gasteiger partial charge in [-0.05, 0) is 36.1 Å². The van der Waals surface area contributed by atoms with Gasteiger partial charge in [0.05, 0.1) is 5.56 Å². The Morgan fingerprint density at radius 2 is 1.39 bits per heavy atom. The molecule has 0 radical (unpaired) electrons. The molecule has 1 heterocycles. The average molecular weight is 449 g/mol. The first-order valence-corrected chi connectivity index (χ1v) is 10.6. The quantitative estimate of drug-likeness (QED) is 0.412. The Bertz CT molecular complexity index is 1300. The van der Waals surface area contributed by atoms with Gasteiger partial charge < -0.3 is 4.90 Å². The van der Waals surface area contributed by atoms with Gasteiger partial charge in [-0.1, -0.05) is 30.3 Å². The molecule has 0 saturated carbocycles. The maximum Gasteiger partial charge on any atom is 0.253 e. The van der Waals surface area contributed by atoms with Crippen molar-refractivity contribution in [1.29, 1.82) is 0 Å². The second kappa shape index (κ2) is 7.99. The lowest BCUT2D eigenvalue weighted by Crippen LogP contribution is -2.40. The number of benzene rings is 3. The van der Waals surface area contributed by atoms with Crippen LogP contribution in [0.4, 0.5) is 13.2 Å². The van der Waals surface area contributed by atoms with Crippen molar-refractivity contribution in [3.8, 4) is 11.1 Å². The van der Waals surface area contributed by atoms with Gasteiger partial charge in [0, 0.05) is 47.8 Å². The number of Topliss-reactive ketones (excluding diaryl/α,β-unsaturated/α-hetero) is 1. The molecular weight excluding hydrogens is 431 g/mol. The van der Waals surface area contributed by atoms with Crippen LogP contribution in [0.1, 0.15) is 49.5 Å². The van der Waals surface area contributed by atoms with Gasteiger partial charge in [0.25, 0.3) is 5.91 Å². The summed E-state index contributed by atoms with van der Waals surface area (Å²) in [5.41, 5.74) is 2.36. The smallest absolute Gasteiger partial charge is 0.253 e. The number of halogens is 3. The molecule has 0 bridgehead atoms. The van der Waals surface area contributed by atoms with E-state index in [4.69, 9.17) is 0 Å². The molecule has 1 aliphatic heterocycles. The number of likely N-dealkylation sites (tertiary alicyclic amines) is 1. The van der Waals surface area contributed by atoms with Gasteiger partial charge in [0.15, 0.2) is 11.6 Å². The number of rotatable bonds is 3. The van der Waals surface area contributed by atoms with Crippen LogP contribution >= 0.6 is 0 Å². The van der Waals surface area contributed by atoms with Gasteiger partial charge in [0.1, 0.15) is 17.5 Å². The van der Waals surface area contributed by atoms with E-state index in [1.54, 1.807) is 35.2 Å². The van der Waals surface area contributed by atoms with Crippen LogP contribution in [0.15, 0.2) is 54.6 Å². The van der Waals surface area contributed by atoms with Crippen molar-refractivity contribution < 1.29 is 27.6 Å². The van der Waals surface area contributed by atoms with Gasteiger partial charge in [-0.15, -0.1) is 0 Å². The molecule has 1 fully saturated rings.